The summed E-state index contributed by atoms with van der Waals surface area (Å²) in [7, 11) is 5.74. The van der Waals surface area contributed by atoms with Gasteiger partial charge in [0.05, 0.1) is 18.5 Å². The first-order chi connectivity index (χ1) is 9.51. The Hall–Kier alpha value is -1.88. The van der Waals surface area contributed by atoms with Crippen molar-refractivity contribution >= 4 is 0 Å². The van der Waals surface area contributed by atoms with Gasteiger partial charge in [0.15, 0.2) is 0 Å². The van der Waals surface area contributed by atoms with Crippen molar-refractivity contribution in [2.45, 2.75) is 26.9 Å². The highest BCUT2D eigenvalue weighted by atomic mass is 16.5. The summed E-state index contributed by atoms with van der Waals surface area (Å²) < 4.78 is 7.16. The molecule has 5 heteroatoms. The lowest BCUT2D eigenvalue weighted by atomic mass is 10.2. The lowest BCUT2D eigenvalue weighted by Gasteiger charge is -2.16. The zero-order valence-corrected chi connectivity index (χ0v) is 12.8. The Morgan fingerprint density at radius 1 is 1.30 bits per heavy atom. The van der Waals surface area contributed by atoms with Crippen molar-refractivity contribution in [2.75, 3.05) is 14.2 Å². The lowest BCUT2D eigenvalue weighted by molar-refractivity contribution is 0.312. The fourth-order valence-electron chi connectivity index (χ4n) is 2.32. The third-order valence-electron chi connectivity index (χ3n) is 3.54. The molecule has 0 saturated carbocycles. The maximum absolute atomic E-state index is 5.22. The van der Waals surface area contributed by atoms with Gasteiger partial charge in [-0.15, -0.1) is 0 Å². The van der Waals surface area contributed by atoms with Crippen molar-refractivity contribution in [3.8, 4) is 5.75 Å². The molecule has 0 N–H and O–H groups in total. The van der Waals surface area contributed by atoms with E-state index in [1.165, 1.54) is 11.3 Å². The summed E-state index contributed by atoms with van der Waals surface area (Å²) in [4.78, 5) is 6.61. The minimum atomic E-state index is 0.783. The summed E-state index contributed by atoms with van der Waals surface area (Å²) >= 11 is 0. The van der Waals surface area contributed by atoms with Gasteiger partial charge in [0.1, 0.15) is 5.75 Å². The molecule has 108 valence electrons. The van der Waals surface area contributed by atoms with Gasteiger partial charge in [-0.05, 0) is 27.0 Å². The first kappa shape index (κ1) is 14.5. The third-order valence-corrected chi connectivity index (χ3v) is 3.54. The highest BCUT2D eigenvalue weighted by molar-refractivity contribution is 5.25. The van der Waals surface area contributed by atoms with Crippen LogP contribution in [-0.4, -0.2) is 33.8 Å². The van der Waals surface area contributed by atoms with E-state index in [2.05, 4.69) is 35.9 Å². The monoisotopic (exact) mass is 274 g/mol. The zero-order valence-electron chi connectivity index (χ0n) is 12.8. The number of rotatable bonds is 5. The number of pyridine rings is 1. The average molecular weight is 274 g/mol. The molecule has 20 heavy (non-hydrogen) atoms. The molecular formula is C15H22N4O. The Kier molecular flexibility index (Phi) is 4.39. The molecule has 2 aromatic rings. The molecule has 2 rings (SSSR count). The van der Waals surface area contributed by atoms with Crippen LogP contribution < -0.4 is 4.74 Å². The lowest BCUT2D eigenvalue weighted by Crippen LogP contribution is -2.18. The Morgan fingerprint density at radius 2 is 2.05 bits per heavy atom. The van der Waals surface area contributed by atoms with Crippen LogP contribution >= 0.6 is 0 Å². The van der Waals surface area contributed by atoms with Gasteiger partial charge in [-0.3, -0.25) is 14.6 Å². The van der Waals surface area contributed by atoms with E-state index in [-0.39, 0.29) is 0 Å². The standard InChI is InChI=1S/C15H22N4O/c1-11-15(12(2)19(4)17-11)10-18(3)9-13-8-14(20-5)6-7-16-13/h6-8H,9-10H2,1-5H3. The van der Waals surface area contributed by atoms with Gasteiger partial charge in [0.25, 0.3) is 0 Å². The third kappa shape index (κ3) is 3.17. The van der Waals surface area contributed by atoms with Gasteiger partial charge in [0.2, 0.25) is 0 Å². The molecule has 0 spiro atoms. The van der Waals surface area contributed by atoms with E-state index in [4.69, 9.17) is 4.74 Å². The van der Waals surface area contributed by atoms with Crippen LogP contribution in [0.4, 0.5) is 0 Å². The molecule has 0 saturated heterocycles. The maximum Gasteiger partial charge on any atom is 0.122 e. The summed E-state index contributed by atoms with van der Waals surface area (Å²) in [5.41, 5.74) is 4.60. The predicted molar refractivity (Wildman–Crippen MR) is 78.6 cm³/mol. The fourth-order valence-corrected chi connectivity index (χ4v) is 2.32. The molecule has 0 bridgehead atoms. The molecule has 0 atom stereocenters. The maximum atomic E-state index is 5.22. The molecule has 2 heterocycles. The van der Waals surface area contributed by atoms with E-state index >= 15 is 0 Å². The van der Waals surface area contributed by atoms with Gasteiger partial charge in [-0.25, -0.2) is 0 Å². The molecule has 0 aromatic carbocycles. The molecule has 2 aromatic heterocycles. The Balaban J connectivity index is 2.06. The van der Waals surface area contributed by atoms with Gasteiger partial charge < -0.3 is 4.74 Å². The molecular weight excluding hydrogens is 252 g/mol. The summed E-state index contributed by atoms with van der Waals surface area (Å²) in [5, 5.41) is 4.45. The molecule has 0 radical (unpaired) electrons. The van der Waals surface area contributed by atoms with E-state index < -0.39 is 0 Å². The van der Waals surface area contributed by atoms with Crippen molar-refractivity contribution in [3.63, 3.8) is 0 Å². The van der Waals surface area contributed by atoms with Crippen LogP contribution in [0.25, 0.3) is 0 Å². The minimum absolute atomic E-state index is 0.783. The Morgan fingerprint density at radius 3 is 2.65 bits per heavy atom. The number of ether oxygens (including phenoxy) is 1. The van der Waals surface area contributed by atoms with E-state index in [0.29, 0.717) is 0 Å². The van der Waals surface area contributed by atoms with Gasteiger partial charge in [-0.1, -0.05) is 0 Å². The minimum Gasteiger partial charge on any atom is -0.497 e. The van der Waals surface area contributed by atoms with Crippen molar-refractivity contribution in [3.05, 3.63) is 41.0 Å². The Bertz CT molecular complexity index is 592. The van der Waals surface area contributed by atoms with Crippen molar-refractivity contribution in [1.29, 1.82) is 0 Å². The van der Waals surface area contributed by atoms with Crippen LogP contribution in [0.2, 0.25) is 0 Å². The van der Waals surface area contributed by atoms with Crippen LogP contribution in [0.3, 0.4) is 0 Å². The predicted octanol–water partition coefficient (Wildman–Crippen LogP) is 2.07. The number of aryl methyl sites for hydroxylation is 2. The van der Waals surface area contributed by atoms with Crippen LogP contribution in [0, 0.1) is 13.8 Å². The van der Waals surface area contributed by atoms with Crippen LogP contribution in [0.5, 0.6) is 5.75 Å². The molecule has 0 aliphatic heterocycles. The van der Waals surface area contributed by atoms with Gasteiger partial charge in [-0.2, -0.15) is 5.10 Å². The summed E-state index contributed by atoms with van der Waals surface area (Å²) in [6.45, 7) is 5.81. The molecule has 0 unspecified atom stereocenters. The van der Waals surface area contributed by atoms with Crippen molar-refractivity contribution in [1.82, 2.24) is 19.7 Å². The first-order valence-electron chi connectivity index (χ1n) is 6.67. The highest BCUT2D eigenvalue weighted by Gasteiger charge is 2.12. The quantitative estimate of drug-likeness (QED) is 0.837. The molecule has 0 aliphatic carbocycles. The number of hydrogen-bond acceptors (Lipinski definition) is 4. The van der Waals surface area contributed by atoms with E-state index in [9.17, 15) is 0 Å². The Labute approximate surface area is 120 Å². The second-order valence-corrected chi connectivity index (χ2v) is 5.13. The largest absolute Gasteiger partial charge is 0.497 e. The van der Waals surface area contributed by atoms with Crippen LogP contribution in [0.1, 0.15) is 22.6 Å². The normalized spacial score (nSPS) is 11.1. The first-order valence-corrected chi connectivity index (χ1v) is 6.67. The molecule has 0 aliphatic rings. The van der Waals surface area contributed by atoms with Crippen LogP contribution in [0.15, 0.2) is 18.3 Å². The highest BCUT2D eigenvalue weighted by Crippen LogP contribution is 2.16. The van der Waals surface area contributed by atoms with Gasteiger partial charge >= 0.3 is 0 Å². The van der Waals surface area contributed by atoms with E-state index in [1.54, 1.807) is 13.3 Å². The molecule has 0 amide bonds. The summed E-state index contributed by atoms with van der Waals surface area (Å²) in [6, 6.07) is 3.83. The molecule has 0 fully saturated rings. The fraction of sp³-hybridized carbons (Fsp3) is 0.467. The molecule has 5 nitrogen and oxygen atoms in total. The van der Waals surface area contributed by atoms with Crippen molar-refractivity contribution < 1.29 is 4.74 Å². The zero-order chi connectivity index (χ0) is 14.7. The van der Waals surface area contributed by atoms with E-state index in [0.717, 1.165) is 30.2 Å². The number of methoxy groups -OCH3 is 1. The van der Waals surface area contributed by atoms with Crippen molar-refractivity contribution in [2.24, 2.45) is 7.05 Å². The number of nitrogens with zero attached hydrogens (tertiary/aromatic N) is 4. The van der Waals surface area contributed by atoms with Gasteiger partial charge in [0, 0.05) is 43.7 Å². The summed E-state index contributed by atoms with van der Waals surface area (Å²) in [6.07, 6.45) is 1.78. The van der Waals surface area contributed by atoms with Crippen LogP contribution in [-0.2, 0) is 20.1 Å². The SMILES string of the molecule is COc1ccnc(CN(C)Cc2c(C)nn(C)c2C)c1. The summed E-state index contributed by atoms with van der Waals surface area (Å²) in [5.74, 6) is 0.845. The second kappa shape index (κ2) is 6.05. The van der Waals surface area contributed by atoms with E-state index in [1.807, 2.05) is 23.9 Å². The average Bonchev–Trinajstić information content (AvgIpc) is 2.65. The second-order valence-electron chi connectivity index (χ2n) is 5.13. The number of hydrogen-bond donors (Lipinski definition) is 0. The smallest absolute Gasteiger partial charge is 0.122 e. The topological polar surface area (TPSA) is 43.2 Å². The number of aromatic nitrogens is 3.